The molecule has 1 heterocycles. The molecule has 2 aromatic rings. The van der Waals surface area contributed by atoms with Crippen molar-refractivity contribution in [3.63, 3.8) is 0 Å². The highest BCUT2D eigenvalue weighted by Gasteiger charge is 2.27. The fourth-order valence-electron chi connectivity index (χ4n) is 2.74. The lowest BCUT2D eigenvalue weighted by Crippen LogP contribution is -2.21. The molecule has 0 unspecified atom stereocenters. The van der Waals surface area contributed by atoms with Crippen LogP contribution < -0.4 is 14.8 Å². The maximum atomic E-state index is 12.4. The van der Waals surface area contributed by atoms with Crippen molar-refractivity contribution >= 4 is 34.1 Å². The molecule has 2 rings (SSSR count). The second kappa shape index (κ2) is 11.4. The Kier molecular flexibility index (Phi) is 8.87. The summed E-state index contributed by atoms with van der Waals surface area (Å²) in [5.74, 6) is 0.358. The van der Waals surface area contributed by atoms with Gasteiger partial charge in [-0.3, -0.25) is 9.59 Å². The normalized spacial score (nSPS) is 10.4. The summed E-state index contributed by atoms with van der Waals surface area (Å²) in [6.45, 7) is 3.93. The SMILES string of the molecule is CCOC(=O)c1c(NC(=O)CCCOc2ccc(OC)cc2)sc(C(=O)N(C)C)c1C. The van der Waals surface area contributed by atoms with Crippen LogP contribution in [0.4, 0.5) is 5.00 Å². The van der Waals surface area contributed by atoms with Crippen LogP contribution in [0.2, 0.25) is 0 Å². The number of rotatable bonds is 10. The van der Waals surface area contributed by atoms with Crippen molar-refractivity contribution in [1.29, 1.82) is 0 Å². The number of nitrogens with one attached hydrogen (secondary N) is 1. The third-order valence-electron chi connectivity index (χ3n) is 4.36. The molecule has 0 aliphatic carbocycles. The number of nitrogens with zero attached hydrogens (tertiary/aromatic N) is 1. The van der Waals surface area contributed by atoms with Gasteiger partial charge in [0.05, 0.1) is 30.8 Å². The van der Waals surface area contributed by atoms with Crippen LogP contribution in [0.5, 0.6) is 11.5 Å². The zero-order valence-electron chi connectivity index (χ0n) is 18.4. The number of anilines is 1. The largest absolute Gasteiger partial charge is 0.497 e. The fourth-order valence-corrected chi connectivity index (χ4v) is 3.97. The number of carbonyl (C=O) groups is 3. The van der Waals surface area contributed by atoms with Gasteiger partial charge in [-0.25, -0.2) is 4.79 Å². The maximum absolute atomic E-state index is 12.4. The van der Waals surface area contributed by atoms with Gasteiger partial charge in [-0.2, -0.15) is 0 Å². The zero-order valence-corrected chi connectivity index (χ0v) is 19.3. The number of thiophene rings is 1. The topological polar surface area (TPSA) is 94.2 Å². The Morgan fingerprint density at radius 3 is 2.32 bits per heavy atom. The van der Waals surface area contributed by atoms with Gasteiger partial charge in [0.2, 0.25) is 5.91 Å². The lowest BCUT2D eigenvalue weighted by molar-refractivity contribution is -0.116. The molecule has 0 radical (unpaired) electrons. The van der Waals surface area contributed by atoms with E-state index >= 15 is 0 Å². The van der Waals surface area contributed by atoms with Crippen LogP contribution >= 0.6 is 11.3 Å². The van der Waals surface area contributed by atoms with Gasteiger partial charge < -0.3 is 24.4 Å². The molecule has 0 bridgehead atoms. The summed E-state index contributed by atoms with van der Waals surface area (Å²) in [6.07, 6.45) is 0.687. The first-order valence-corrected chi connectivity index (χ1v) is 10.7. The minimum absolute atomic E-state index is 0.196. The van der Waals surface area contributed by atoms with E-state index in [1.54, 1.807) is 59.3 Å². The van der Waals surface area contributed by atoms with Gasteiger partial charge in [0.25, 0.3) is 5.91 Å². The van der Waals surface area contributed by atoms with Crippen LogP contribution in [0.1, 0.15) is 45.4 Å². The van der Waals surface area contributed by atoms with Gasteiger partial charge in [-0.15, -0.1) is 11.3 Å². The predicted molar refractivity (Wildman–Crippen MR) is 119 cm³/mol. The smallest absolute Gasteiger partial charge is 0.341 e. The summed E-state index contributed by atoms with van der Waals surface area (Å²) in [5, 5.41) is 3.08. The minimum Gasteiger partial charge on any atom is -0.497 e. The molecule has 0 saturated heterocycles. The average molecular weight is 449 g/mol. The van der Waals surface area contributed by atoms with E-state index in [9.17, 15) is 14.4 Å². The molecular weight excluding hydrogens is 420 g/mol. The van der Waals surface area contributed by atoms with Crippen molar-refractivity contribution < 1.29 is 28.6 Å². The molecule has 9 heteroatoms. The molecule has 1 N–H and O–H groups in total. The van der Waals surface area contributed by atoms with Gasteiger partial charge in [-0.1, -0.05) is 0 Å². The second-order valence-corrected chi connectivity index (χ2v) is 7.88. The van der Waals surface area contributed by atoms with Crippen molar-refractivity contribution in [3.05, 3.63) is 40.3 Å². The van der Waals surface area contributed by atoms with Crippen LogP contribution in [0.3, 0.4) is 0 Å². The van der Waals surface area contributed by atoms with Crippen LogP contribution in [0, 0.1) is 6.92 Å². The van der Waals surface area contributed by atoms with Crippen molar-refractivity contribution in [2.45, 2.75) is 26.7 Å². The Hall–Kier alpha value is -3.07. The van der Waals surface area contributed by atoms with Crippen LogP contribution in [-0.2, 0) is 9.53 Å². The summed E-state index contributed by atoms with van der Waals surface area (Å²) in [5.41, 5.74) is 0.722. The molecule has 0 saturated carbocycles. The molecule has 0 fully saturated rings. The van der Waals surface area contributed by atoms with Gasteiger partial charge >= 0.3 is 5.97 Å². The highest BCUT2D eigenvalue weighted by atomic mass is 32.1. The lowest BCUT2D eigenvalue weighted by atomic mass is 10.1. The number of hydrogen-bond acceptors (Lipinski definition) is 7. The molecule has 168 valence electrons. The first kappa shape index (κ1) is 24.2. The van der Waals surface area contributed by atoms with Crippen molar-refractivity contribution in [2.75, 3.05) is 39.7 Å². The summed E-state index contributed by atoms with van der Waals surface area (Å²) in [4.78, 5) is 39.1. The molecular formula is C22H28N2O6S. The standard InChI is InChI=1S/C22H28N2O6S/c1-6-29-22(27)18-14(2)19(21(26)24(3)4)31-20(18)23-17(25)8-7-13-30-16-11-9-15(28-5)10-12-16/h9-12H,6-8,13H2,1-5H3,(H,23,25). The second-order valence-electron chi connectivity index (χ2n) is 6.86. The van der Waals surface area contributed by atoms with Gasteiger partial charge in [0.1, 0.15) is 16.5 Å². The predicted octanol–water partition coefficient (Wildman–Crippen LogP) is 3.74. The molecule has 0 aliphatic heterocycles. The summed E-state index contributed by atoms with van der Waals surface area (Å²) < 4.78 is 15.8. The number of hydrogen-bond donors (Lipinski definition) is 1. The molecule has 0 atom stereocenters. The van der Waals surface area contributed by atoms with Gasteiger partial charge in [0.15, 0.2) is 0 Å². The summed E-state index contributed by atoms with van der Waals surface area (Å²) in [6, 6.07) is 7.18. The number of esters is 1. The quantitative estimate of drug-likeness (QED) is 0.440. The molecule has 31 heavy (non-hydrogen) atoms. The first-order chi connectivity index (χ1) is 14.8. The first-order valence-electron chi connectivity index (χ1n) is 9.87. The molecule has 8 nitrogen and oxygen atoms in total. The summed E-state index contributed by atoms with van der Waals surface area (Å²) >= 11 is 1.08. The Balaban J connectivity index is 2.00. The lowest BCUT2D eigenvalue weighted by Gasteiger charge is -2.09. The third kappa shape index (κ3) is 6.45. The highest BCUT2D eigenvalue weighted by Crippen LogP contribution is 2.34. The van der Waals surface area contributed by atoms with Crippen LogP contribution in [0.15, 0.2) is 24.3 Å². The zero-order chi connectivity index (χ0) is 23.0. The van der Waals surface area contributed by atoms with E-state index in [2.05, 4.69) is 5.32 Å². The van der Waals surface area contributed by atoms with Crippen molar-refractivity contribution in [1.82, 2.24) is 4.90 Å². The number of carbonyl (C=O) groups excluding carboxylic acids is 3. The number of ether oxygens (including phenoxy) is 3. The third-order valence-corrected chi connectivity index (χ3v) is 5.55. The van der Waals surface area contributed by atoms with Crippen LogP contribution in [0.25, 0.3) is 0 Å². The summed E-state index contributed by atoms with van der Waals surface area (Å²) in [7, 11) is 4.86. The van der Waals surface area contributed by atoms with Crippen molar-refractivity contribution in [2.24, 2.45) is 0 Å². The molecule has 1 aromatic carbocycles. The number of benzene rings is 1. The van der Waals surface area contributed by atoms with E-state index in [1.165, 1.54) is 4.90 Å². The Labute approximate surface area is 186 Å². The number of amides is 2. The number of methoxy groups -OCH3 is 1. The molecule has 0 spiro atoms. The highest BCUT2D eigenvalue weighted by molar-refractivity contribution is 7.18. The molecule has 0 aliphatic rings. The Morgan fingerprint density at radius 1 is 1.10 bits per heavy atom. The van der Waals surface area contributed by atoms with Crippen molar-refractivity contribution in [3.8, 4) is 11.5 Å². The van der Waals surface area contributed by atoms with E-state index in [-0.39, 0.29) is 30.4 Å². The molecule has 1 aromatic heterocycles. The van der Waals surface area contributed by atoms with E-state index < -0.39 is 5.97 Å². The minimum atomic E-state index is -0.563. The maximum Gasteiger partial charge on any atom is 0.341 e. The Morgan fingerprint density at radius 2 is 1.74 bits per heavy atom. The van der Waals surface area contributed by atoms with E-state index in [0.29, 0.717) is 34.2 Å². The van der Waals surface area contributed by atoms with Gasteiger partial charge in [-0.05, 0) is 50.1 Å². The van der Waals surface area contributed by atoms with E-state index in [0.717, 1.165) is 17.1 Å². The average Bonchev–Trinajstić information content (AvgIpc) is 3.06. The van der Waals surface area contributed by atoms with Gasteiger partial charge in [0, 0.05) is 20.5 Å². The van der Waals surface area contributed by atoms with E-state index in [1.807, 2.05) is 0 Å². The molecule has 2 amide bonds. The monoisotopic (exact) mass is 448 g/mol. The Bertz CT molecular complexity index is 921. The van der Waals surface area contributed by atoms with E-state index in [4.69, 9.17) is 14.2 Å². The van der Waals surface area contributed by atoms with Crippen LogP contribution in [-0.4, -0.2) is 57.1 Å². The fraction of sp³-hybridized carbons (Fsp3) is 0.409.